The second-order valence-corrected chi connectivity index (χ2v) is 10.1. The van der Waals surface area contributed by atoms with E-state index in [1.54, 1.807) is 52.1 Å². The van der Waals surface area contributed by atoms with Crippen LogP contribution in [-0.4, -0.2) is 55.0 Å². The summed E-state index contributed by atoms with van der Waals surface area (Å²) in [6, 6.07) is 3.46. The number of hydrogen-bond acceptors (Lipinski definition) is 8. The highest BCUT2D eigenvalue weighted by Crippen LogP contribution is 2.28. The molecule has 4 rings (SSSR count). The normalized spacial score (nSPS) is 14.2. The van der Waals surface area contributed by atoms with Crippen LogP contribution in [0.15, 0.2) is 29.2 Å². The Labute approximate surface area is 205 Å². The summed E-state index contributed by atoms with van der Waals surface area (Å²) in [6.07, 6.45) is 3.78. The number of nitrogens with zero attached hydrogens (tertiary/aromatic N) is 5. The molecular weight excluding hydrogens is 473 g/mol. The maximum Gasteiger partial charge on any atom is 0.410 e. The number of amides is 1. The van der Waals surface area contributed by atoms with Crippen LogP contribution in [0.3, 0.4) is 0 Å². The van der Waals surface area contributed by atoms with E-state index in [9.17, 15) is 14.4 Å². The molecule has 0 unspecified atom stereocenters. The third-order valence-corrected chi connectivity index (χ3v) is 6.31. The van der Waals surface area contributed by atoms with Crippen molar-refractivity contribution in [2.45, 2.75) is 52.6 Å². The molecule has 0 aromatic carbocycles. The molecule has 0 N–H and O–H groups in total. The molecule has 0 saturated heterocycles. The van der Waals surface area contributed by atoms with Gasteiger partial charge in [0.05, 0.1) is 0 Å². The zero-order chi connectivity index (χ0) is 25.3. The Kier molecular flexibility index (Phi) is 6.79. The quantitative estimate of drug-likeness (QED) is 0.524. The highest BCUT2D eigenvalue weighted by atomic mass is 32.1. The molecule has 184 valence electrons. The lowest BCUT2D eigenvalue weighted by atomic mass is 10.0. The minimum atomic E-state index is -0.986. The van der Waals surface area contributed by atoms with Crippen molar-refractivity contribution in [1.29, 1.82) is 0 Å². The molecule has 35 heavy (non-hydrogen) atoms. The maximum atomic E-state index is 15.0. The van der Waals surface area contributed by atoms with Gasteiger partial charge in [0.15, 0.2) is 0 Å². The number of halogens is 1. The Hall–Kier alpha value is -3.47. The van der Waals surface area contributed by atoms with E-state index in [1.807, 2.05) is 0 Å². The first-order chi connectivity index (χ1) is 16.6. The summed E-state index contributed by atoms with van der Waals surface area (Å²) in [5.74, 6) is -0.921. The SMILES string of the molecule is CCC(=O)Cc1cc(-c2nn3c(=O)c(F)c(C4=CCN(C(=O)OC(C)(C)C)CC4)nc3s2)ccn1. The molecular formula is C24H26FN5O4S. The monoisotopic (exact) mass is 499 g/mol. The first kappa shape index (κ1) is 24.6. The lowest BCUT2D eigenvalue weighted by Crippen LogP contribution is -2.39. The van der Waals surface area contributed by atoms with Crippen molar-refractivity contribution in [2.75, 3.05) is 13.1 Å². The van der Waals surface area contributed by atoms with Crippen LogP contribution >= 0.6 is 11.3 Å². The van der Waals surface area contributed by atoms with Gasteiger partial charge in [0.1, 0.15) is 22.1 Å². The van der Waals surface area contributed by atoms with Crippen molar-refractivity contribution in [1.82, 2.24) is 24.5 Å². The smallest absolute Gasteiger partial charge is 0.410 e. The molecule has 9 nitrogen and oxygen atoms in total. The molecule has 0 radical (unpaired) electrons. The summed E-state index contributed by atoms with van der Waals surface area (Å²) in [7, 11) is 0. The number of hydrogen-bond donors (Lipinski definition) is 0. The fourth-order valence-electron chi connectivity index (χ4n) is 3.57. The van der Waals surface area contributed by atoms with Gasteiger partial charge in [-0.05, 0) is 44.9 Å². The van der Waals surface area contributed by atoms with Crippen molar-refractivity contribution in [3.63, 3.8) is 0 Å². The lowest BCUT2D eigenvalue weighted by molar-refractivity contribution is -0.118. The van der Waals surface area contributed by atoms with Crippen LogP contribution in [0.4, 0.5) is 9.18 Å². The van der Waals surface area contributed by atoms with Crippen LogP contribution in [-0.2, 0) is 16.0 Å². The molecule has 0 bridgehead atoms. The number of carbonyl (C=O) groups excluding carboxylic acids is 2. The summed E-state index contributed by atoms with van der Waals surface area (Å²) in [5, 5.41) is 4.72. The predicted octanol–water partition coefficient (Wildman–Crippen LogP) is 3.90. The zero-order valence-electron chi connectivity index (χ0n) is 20.0. The third kappa shape index (κ3) is 5.45. The van der Waals surface area contributed by atoms with Gasteiger partial charge in [-0.15, -0.1) is 0 Å². The molecule has 0 aliphatic carbocycles. The van der Waals surface area contributed by atoms with Gasteiger partial charge in [-0.2, -0.15) is 14.0 Å². The summed E-state index contributed by atoms with van der Waals surface area (Å²) >= 11 is 1.15. The van der Waals surface area contributed by atoms with Crippen LogP contribution in [0.1, 0.15) is 51.9 Å². The third-order valence-electron chi connectivity index (χ3n) is 5.36. The summed E-state index contributed by atoms with van der Waals surface area (Å²) in [6.45, 7) is 7.72. The van der Waals surface area contributed by atoms with Gasteiger partial charge in [0, 0.05) is 43.4 Å². The Morgan fingerprint density at radius 1 is 1.29 bits per heavy atom. The van der Waals surface area contributed by atoms with E-state index < -0.39 is 23.1 Å². The molecule has 0 fully saturated rings. The predicted molar refractivity (Wildman–Crippen MR) is 130 cm³/mol. The molecule has 1 aliphatic heterocycles. The van der Waals surface area contributed by atoms with Crippen molar-refractivity contribution >= 4 is 33.7 Å². The Morgan fingerprint density at radius 2 is 2.06 bits per heavy atom. The van der Waals surface area contributed by atoms with Gasteiger partial charge >= 0.3 is 11.7 Å². The molecule has 0 atom stereocenters. The number of ether oxygens (including phenoxy) is 1. The van der Waals surface area contributed by atoms with Crippen molar-refractivity contribution < 1.29 is 18.7 Å². The zero-order valence-corrected chi connectivity index (χ0v) is 20.8. The van der Waals surface area contributed by atoms with Crippen LogP contribution in [0.2, 0.25) is 0 Å². The molecule has 1 amide bonds. The van der Waals surface area contributed by atoms with Crippen molar-refractivity contribution in [2.24, 2.45) is 0 Å². The van der Waals surface area contributed by atoms with E-state index in [0.717, 1.165) is 15.9 Å². The average Bonchev–Trinajstić information content (AvgIpc) is 3.25. The van der Waals surface area contributed by atoms with Crippen molar-refractivity contribution in [3.8, 4) is 10.6 Å². The first-order valence-corrected chi connectivity index (χ1v) is 12.1. The van der Waals surface area contributed by atoms with Gasteiger partial charge in [-0.1, -0.05) is 24.3 Å². The molecule has 0 saturated carbocycles. The van der Waals surface area contributed by atoms with E-state index in [4.69, 9.17) is 4.74 Å². The Bertz CT molecular complexity index is 1390. The second kappa shape index (κ2) is 9.65. The highest BCUT2D eigenvalue weighted by molar-refractivity contribution is 7.19. The van der Waals surface area contributed by atoms with Gasteiger partial charge < -0.3 is 9.64 Å². The first-order valence-electron chi connectivity index (χ1n) is 11.3. The number of carbonyl (C=O) groups is 2. The molecule has 11 heteroatoms. The minimum absolute atomic E-state index is 0.0296. The van der Waals surface area contributed by atoms with E-state index >= 15 is 4.39 Å². The fourth-order valence-corrected chi connectivity index (χ4v) is 4.45. The van der Waals surface area contributed by atoms with Gasteiger partial charge in [-0.3, -0.25) is 14.6 Å². The average molecular weight is 500 g/mol. The maximum absolute atomic E-state index is 15.0. The topological polar surface area (TPSA) is 107 Å². The van der Waals surface area contributed by atoms with Crippen LogP contribution < -0.4 is 5.56 Å². The van der Waals surface area contributed by atoms with Crippen LogP contribution in [0.25, 0.3) is 21.1 Å². The van der Waals surface area contributed by atoms with Gasteiger partial charge in [0.2, 0.25) is 10.8 Å². The molecule has 4 heterocycles. The molecule has 0 spiro atoms. The lowest BCUT2D eigenvalue weighted by Gasteiger charge is -2.29. The number of rotatable bonds is 5. The summed E-state index contributed by atoms with van der Waals surface area (Å²) < 4.78 is 21.4. The second-order valence-electron chi connectivity index (χ2n) is 9.19. The van der Waals surface area contributed by atoms with E-state index in [-0.39, 0.29) is 29.4 Å². The number of ketones is 1. The number of aromatic nitrogens is 4. The molecule has 3 aromatic rings. The summed E-state index contributed by atoms with van der Waals surface area (Å²) in [4.78, 5) is 47.2. The van der Waals surface area contributed by atoms with E-state index in [0.29, 0.717) is 41.2 Å². The number of pyridine rings is 1. The van der Waals surface area contributed by atoms with E-state index in [2.05, 4.69) is 15.1 Å². The summed E-state index contributed by atoms with van der Waals surface area (Å²) in [5.41, 5.74) is 0.292. The van der Waals surface area contributed by atoms with E-state index in [1.165, 1.54) is 4.90 Å². The molecule has 3 aromatic heterocycles. The van der Waals surface area contributed by atoms with Gasteiger partial charge in [0.25, 0.3) is 0 Å². The number of Topliss-reactive ketones (excluding diaryl/α,β-unsaturated/α-hetero) is 1. The molecule has 1 aliphatic rings. The Morgan fingerprint density at radius 3 is 2.71 bits per heavy atom. The number of fused-ring (bicyclic) bond motifs is 1. The standard InChI is InChI=1S/C24H26FN5O4S/c1-5-17(31)13-16-12-15(6-9-26-16)20-28-30-21(32)18(25)19(27-22(30)35-20)14-7-10-29(11-8-14)23(33)34-24(2,3)4/h6-7,9,12H,5,8,10-11,13H2,1-4H3. The minimum Gasteiger partial charge on any atom is -0.444 e. The van der Waals surface area contributed by atoms with Gasteiger partial charge in [-0.25, -0.2) is 9.78 Å². The fraction of sp³-hybridized carbons (Fsp3) is 0.417. The Balaban J connectivity index is 1.62. The largest absolute Gasteiger partial charge is 0.444 e. The van der Waals surface area contributed by atoms with Crippen molar-refractivity contribution in [3.05, 3.63) is 52.0 Å². The van der Waals surface area contributed by atoms with Crippen LogP contribution in [0.5, 0.6) is 0 Å². The highest BCUT2D eigenvalue weighted by Gasteiger charge is 2.26. The van der Waals surface area contributed by atoms with Crippen LogP contribution in [0, 0.1) is 5.82 Å².